The van der Waals surface area contributed by atoms with Gasteiger partial charge >= 0.3 is 0 Å². The number of nitrogens with zero attached hydrogens (tertiary/aromatic N) is 1. The summed E-state index contributed by atoms with van der Waals surface area (Å²) in [6.07, 6.45) is 2.06. The fraction of sp³-hybridized carbons (Fsp3) is 0.400. The number of carbonyl (C=O) groups is 1. The fourth-order valence-electron chi connectivity index (χ4n) is 1.07. The van der Waals surface area contributed by atoms with Crippen LogP contribution in [0.15, 0.2) is 18.5 Å². The molecule has 0 radical (unpaired) electrons. The van der Waals surface area contributed by atoms with Crippen LogP contribution in [0.4, 0.5) is 0 Å². The highest BCUT2D eigenvalue weighted by atomic mass is 16.5. The number of amides is 1. The number of carbonyl (C=O) groups excluding carboxylic acids is 1. The molecule has 0 aromatic carbocycles. The fourth-order valence-corrected chi connectivity index (χ4v) is 1.07. The maximum atomic E-state index is 10.9. The second-order valence-corrected chi connectivity index (χ2v) is 3.19. The predicted octanol–water partition coefficient (Wildman–Crippen LogP) is -0.433. The van der Waals surface area contributed by atoms with E-state index >= 15 is 0 Å². The van der Waals surface area contributed by atoms with Crippen LogP contribution in [0.3, 0.4) is 0 Å². The van der Waals surface area contributed by atoms with E-state index in [1.165, 1.54) is 25.6 Å². The monoisotopic (exact) mass is 226 g/mol. The quantitative estimate of drug-likeness (QED) is 0.686. The van der Waals surface area contributed by atoms with E-state index in [0.29, 0.717) is 5.75 Å². The molecule has 0 saturated carbocycles. The Balaban J connectivity index is 2.54. The zero-order valence-electron chi connectivity index (χ0n) is 8.92. The largest absolute Gasteiger partial charge is 0.489 e. The molecule has 6 heteroatoms. The molecule has 1 aromatic heterocycles. The Morgan fingerprint density at radius 1 is 1.56 bits per heavy atom. The summed E-state index contributed by atoms with van der Waals surface area (Å²) >= 11 is 0. The van der Waals surface area contributed by atoms with E-state index in [2.05, 4.69) is 4.98 Å². The number of aromatic nitrogens is 1. The van der Waals surface area contributed by atoms with Gasteiger partial charge in [0.25, 0.3) is 0 Å². The first kappa shape index (κ1) is 12.4. The first-order chi connectivity index (χ1) is 7.63. The number of rotatable bonds is 6. The number of primary amides is 1. The van der Waals surface area contributed by atoms with E-state index in [-0.39, 0.29) is 18.8 Å². The number of pyridine rings is 1. The van der Waals surface area contributed by atoms with Crippen molar-refractivity contribution in [1.82, 2.24) is 4.98 Å². The lowest BCUT2D eigenvalue weighted by atomic mass is 10.2. The van der Waals surface area contributed by atoms with Crippen molar-refractivity contribution >= 4 is 5.91 Å². The highest BCUT2D eigenvalue weighted by molar-refractivity contribution is 5.92. The van der Waals surface area contributed by atoms with Crippen LogP contribution in [0, 0.1) is 0 Å². The van der Waals surface area contributed by atoms with Gasteiger partial charge in [-0.05, 0) is 6.07 Å². The minimum absolute atomic E-state index is 0.0672. The lowest BCUT2D eigenvalue weighted by Gasteiger charge is -2.11. The van der Waals surface area contributed by atoms with E-state index in [1.807, 2.05) is 0 Å². The Morgan fingerprint density at radius 3 is 2.94 bits per heavy atom. The van der Waals surface area contributed by atoms with Gasteiger partial charge in [-0.3, -0.25) is 9.78 Å². The normalized spacial score (nSPS) is 12.1. The Morgan fingerprint density at radius 2 is 2.31 bits per heavy atom. The summed E-state index contributed by atoms with van der Waals surface area (Å²) in [4.78, 5) is 14.6. The molecule has 0 fully saturated rings. The Hall–Kier alpha value is -1.66. The van der Waals surface area contributed by atoms with Gasteiger partial charge in [-0.2, -0.15) is 0 Å². The Bertz CT molecular complexity index is 356. The van der Waals surface area contributed by atoms with Crippen molar-refractivity contribution in [1.29, 1.82) is 0 Å². The number of methoxy groups -OCH3 is 1. The minimum Gasteiger partial charge on any atom is -0.489 e. The third-order valence-corrected chi connectivity index (χ3v) is 1.80. The highest BCUT2D eigenvalue weighted by Gasteiger charge is 2.06. The van der Waals surface area contributed by atoms with Gasteiger partial charge in [0, 0.05) is 13.3 Å². The Kier molecular flexibility index (Phi) is 4.68. The van der Waals surface area contributed by atoms with E-state index in [0.717, 1.165) is 0 Å². The van der Waals surface area contributed by atoms with Gasteiger partial charge < -0.3 is 20.3 Å². The molecule has 88 valence electrons. The van der Waals surface area contributed by atoms with Gasteiger partial charge in [-0.25, -0.2) is 0 Å². The van der Waals surface area contributed by atoms with Crippen molar-refractivity contribution in [3.63, 3.8) is 0 Å². The van der Waals surface area contributed by atoms with Gasteiger partial charge in [-0.1, -0.05) is 0 Å². The average molecular weight is 226 g/mol. The van der Waals surface area contributed by atoms with Crippen molar-refractivity contribution in [2.75, 3.05) is 20.3 Å². The van der Waals surface area contributed by atoms with E-state index < -0.39 is 12.0 Å². The molecular weight excluding hydrogens is 212 g/mol. The number of ether oxygens (including phenoxy) is 2. The summed E-state index contributed by atoms with van der Waals surface area (Å²) in [5.74, 6) is -0.193. The Labute approximate surface area is 93.0 Å². The molecule has 0 aliphatic rings. The summed E-state index contributed by atoms with van der Waals surface area (Å²) in [5, 5.41) is 9.33. The number of hydrogen-bond donors (Lipinski definition) is 2. The molecule has 0 aliphatic heterocycles. The molecule has 3 N–H and O–H groups in total. The summed E-state index contributed by atoms with van der Waals surface area (Å²) in [6.45, 7) is 0.251. The lowest BCUT2D eigenvalue weighted by Crippen LogP contribution is -2.22. The summed E-state index contributed by atoms with van der Waals surface area (Å²) in [5.41, 5.74) is 5.35. The average Bonchev–Trinajstić information content (AvgIpc) is 2.27. The maximum Gasteiger partial charge on any atom is 0.250 e. The van der Waals surface area contributed by atoms with Gasteiger partial charge in [0.05, 0.1) is 18.4 Å². The first-order valence-corrected chi connectivity index (χ1v) is 4.68. The van der Waals surface area contributed by atoms with Crippen LogP contribution in [0.25, 0.3) is 0 Å². The topological polar surface area (TPSA) is 94.7 Å². The van der Waals surface area contributed by atoms with Gasteiger partial charge in [0.2, 0.25) is 5.91 Å². The molecule has 16 heavy (non-hydrogen) atoms. The van der Waals surface area contributed by atoms with Crippen LogP contribution in [0.1, 0.15) is 10.4 Å². The van der Waals surface area contributed by atoms with Crippen molar-refractivity contribution in [2.24, 2.45) is 5.73 Å². The second-order valence-electron chi connectivity index (χ2n) is 3.19. The smallest absolute Gasteiger partial charge is 0.250 e. The maximum absolute atomic E-state index is 10.9. The van der Waals surface area contributed by atoms with Crippen molar-refractivity contribution in [3.8, 4) is 5.75 Å². The molecule has 0 aliphatic carbocycles. The molecule has 6 nitrogen and oxygen atoms in total. The van der Waals surface area contributed by atoms with Crippen molar-refractivity contribution < 1.29 is 19.4 Å². The van der Waals surface area contributed by atoms with Crippen LogP contribution in [-0.2, 0) is 4.74 Å². The van der Waals surface area contributed by atoms with Crippen LogP contribution in [0.2, 0.25) is 0 Å². The third kappa shape index (κ3) is 3.84. The number of aliphatic hydroxyl groups excluding tert-OH is 1. The number of aliphatic hydroxyl groups is 1. The predicted molar refractivity (Wildman–Crippen MR) is 56.1 cm³/mol. The molecule has 1 amide bonds. The van der Waals surface area contributed by atoms with Gasteiger partial charge in [-0.15, -0.1) is 0 Å². The lowest BCUT2D eigenvalue weighted by molar-refractivity contribution is 0.0324. The van der Waals surface area contributed by atoms with Crippen LogP contribution < -0.4 is 10.5 Å². The molecule has 1 unspecified atom stereocenters. The molecule has 1 rings (SSSR count). The third-order valence-electron chi connectivity index (χ3n) is 1.80. The van der Waals surface area contributed by atoms with Crippen molar-refractivity contribution in [2.45, 2.75) is 6.10 Å². The molecule has 1 aromatic rings. The molecule has 1 atom stereocenters. The number of hydrogen-bond acceptors (Lipinski definition) is 5. The molecule has 0 saturated heterocycles. The van der Waals surface area contributed by atoms with E-state index in [9.17, 15) is 9.90 Å². The molecule has 0 bridgehead atoms. The minimum atomic E-state index is -0.720. The summed E-state index contributed by atoms with van der Waals surface area (Å²) in [7, 11) is 1.48. The standard InChI is InChI=1S/C10H14N2O4/c1-15-5-8(13)6-16-9-2-7(10(11)14)3-12-4-9/h2-4,8,13H,5-6H2,1H3,(H2,11,14). The zero-order chi connectivity index (χ0) is 12.0. The second kappa shape index (κ2) is 6.04. The van der Waals surface area contributed by atoms with Crippen LogP contribution in [-0.4, -0.2) is 42.4 Å². The summed E-state index contributed by atoms with van der Waals surface area (Å²) < 4.78 is 9.95. The first-order valence-electron chi connectivity index (χ1n) is 4.68. The summed E-state index contributed by atoms with van der Waals surface area (Å²) in [6, 6.07) is 1.47. The number of nitrogens with two attached hydrogens (primary N) is 1. The van der Waals surface area contributed by atoms with E-state index in [1.54, 1.807) is 0 Å². The van der Waals surface area contributed by atoms with Crippen LogP contribution >= 0.6 is 0 Å². The molecule has 1 heterocycles. The van der Waals surface area contributed by atoms with Gasteiger partial charge in [0.1, 0.15) is 18.5 Å². The highest BCUT2D eigenvalue weighted by Crippen LogP contribution is 2.10. The van der Waals surface area contributed by atoms with E-state index in [4.69, 9.17) is 15.2 Å². The zero-order valence-corrected chi connectivity index (χ0v) is 8.92. The SMILES string of the molecule is COCC(O)COc1cncc(C(N)=O)c1. The molecular formula is C10H14N2O4. The van der Waals surface area contributed by atoms with Crippen molar-refractivity contribution in [3.05, 3.63) is 24.0 Å². The van der Waals surface area contributed by atoms with Crippen LogP contribution in [0.5, 0.6) is 5.75 Å². The molecule has 0 spiro atoms. The van der Waals surface area contributed by atoms with Gasteiger partial charge in [0.15, 0.2) is 0 Å².